The van der Waals surface area contributed by atoms with Gasteiger partial charge in [0.2, 0.25) is 0 Å². The van der Waals surface area contributed by atoms with E-state index in [1.807, 2.05) is 0 Å². The SMILES string of the molecule is C=C(C)C(c1ccccc1)(c1ccccc1)C1CC1(c1ccccc1)c1ccccc1. The second-order valence-electron chi connectivity index (χ2n) is 8.78. The summed E-state index contributed by atoms with van der Waals surface area (Å²) in [6.07, 6.45) is 1.09. The summed E-state index contributed by atoms with van der Waals surface area (Å²) in [7, 11) is 0. The van der Waals surface area contributed by atoms with Gasteiger partial charge in [0.1, 0.15) is 0 Å². The maximum atomic E-state index is 4.59. The van der Waals surface area contributed by atoms with Gasteiger partial charge in [-0.2, -0.15) is 0 Å². The van der Waals surface area contributed by atoms with Crippen LogP contribution in [0.2, 0.25) is 0 Å². The molecule has 1 aliphatic rings. The molecule has 0 spiro atoms. The highest BCUT2D eigenvalue weighted by atomic mass is 14.7. The van der Waals surface area contributed by atoms with Gasteiger partial charge < -0.3 is 0 Å². The van der Waals surface area contributed by atoms with Crippen molar-refractivity contribution in [2.24, 2.45) is 5.92 Å². The Bertz CT molecular complexity index is 1080. The van der Waals surface area contributed by atoms with Crippen LogP contribution in [0.15, 0.2) is 133 Å². The van der Waals surface area contributed by atoms with Crippen LogP contribution in [0.1, 0.15) is 35.6 Å². The zero-order valence-electron chi connectivity index (χ0n) is 18.0. The molecule has 5 rings (SSSR count). The molecule has 1 saturated carbocycles. The summed E-state index contributed by atoms with van der Waals surface area (Å²) in [6.45, 7) is 6.80. The van der Waals surface area contributed by atoms with E-state index >= 15 is 0 Å². The van der Waals surface area contributed by atoms with Gasteiger partial charge in [0.25, 0.3) is 0 Å². The van der Waals surface area contributed by atoms with E-state index in [-0.39, 0.29) is 10.8 Å². The lowest BCUT2D eigenvalue weighted by atomic mass is 9.63. The van der Waals surface area contributed by atoms with Crippen molar-refractivity contribution in [2.45, 2.75) is 24.2 Å². The van der Waals surface area contributed by atoms with Gasteiger partial charge in [0.15, 0.2) is 0 Å². The Morgan fingerprint density at radius 3 is 1.35 bits per heavy atom. The van der Waals surface area contributed by atoms with E-state index in [1.54, 1.807) is 0 Å². The molecule has 0 aromatic heterocycles. The monoisotopic (exact) mass is 400 g/mol. The quantitative estimate of drug-likeness (QED) is 0.293. The van der Waals surface area contributed by atoms with Crippen molar-refractivity contribution < 1.29 is 0 Å². The van der Waals surface area contributed by atoms with Gasteiger partial charge in [-0.25, -0.2) is 0 Å². The predicted molar refractivity (Wildman–Crippen MR) is 130 cm³/mol. The highest BCUT2D eigenvalue weighted by Gasteiger charge is 2.66. The molecule has 0 amide bonds. The van der Waals surface area contributed by atoms with Gasteiger partial charge in [-0.05, 0) is 41.5 Å². The van der Waals surface area contributed by atoms with Crippen molar-refractivity contribution in [3.63, 3.8) is 0 Å². The lowest BCUT2D eigenvalue weighted by molar-refractivity contribution is 0.483. The number of hydrogen-bond donors (Lipinski definition) is 0. The fourth-order valence-electron chi connectivity index (χ4n) is 5.82. The van der Waals surface area contributed by atoms with Crippen LogP contribution in [0.4, 0.5) is 0 Å². The standard InChI is InChI=1S/C31H28/c1-24(2)31(27-19-11-5-12-20-27,28-21-13-6-14-22-28)29-23-30(29,25-15-7-3-8-16-25)26-17-9-4-10-18-26/h3-22,29H,1,23H2,2H3. The van der Waals surface area contributed by atoms with Crippen LogP contribution >= 0.6 is 0 Å². The van der Waals surface area contributed by atoms with Gasteiger partial charge >= 0.3 is 0 Å². The minimum Gasteiger partial charge on any atom is -0.0989 e. The maximum Gasteiger partial charge on any atom is 0.0446 e. The molecule has 1 unspecified atom stereocenters. The van der Waals surface area contributed by atoms with Gasteiger partial charge in [-0.3, -0.25) is 0 Å². The van der Waals surface area contributed by atoms with E-state index in [0.717, 1.165) is 6.42 Å². The number of rotatable bonds is 6. The molecule has 1 aliphatic carbocycles. The van der Waals surface area contributed by atoms with Crippen LogP contribution in [0.25, 0.3) is 0 Å². The lowest BCUT2D eigenvalue weighted by Gasteiger charge is -2.39. The van der Waals surface area contributed by atoms with Crippen LogP contribution in [-0.4, -0.2) is 0 Å². The molecule has 0 heteroatoms. The number of benzene rings is 4. The second kappa shape index (κ2) is 7.71. The Balaban J connectivity index is 1.79. The lowest BCUT2D eigenvalue weighted by Crippen LogP contribution is -2.35. The first kappa shape index (κ1) is 19.6. The molecular formula is C31H28. The first-order valence-corrected chi connectivity index (χ1v) is 11.1. The molecule has 0 N–H and O–H groups in total. The summed E-state index contributed by atoms with van der Waals surface area (Å²) >= 11 is 0. The van der Waals surface area contributed by atoms with Gasteiger partial charge in [0, 0.05) is 10.8 Å². The number of allylic oxidation sites excluding steroid dienone is 1. The molecule has 152 valence electrons. The summed E-state index contributed by atoms with van der Waals surface area (Å²) < 4.78 is 0. The minimum absolute atomic E-state index is 0.0346. The average Bonchev–Trinajstić information content (AvgIpc) is 3.59. The Hall–Kier alpha value is -3.38. The van der Waals surface area contributed by atoms with Crippen molar-refractivity contribution in [3.05, 3.63) is 156 Å². The van der Waals surface area contributed by atoms with E-state index in [2.05, 4.69) is 135 Å². The molecule has 1 atom stereocenters. The smallest absolute Gasteiger partial charge is 0.0446 e. The summed E-state index contributed by atoms with van der Waals surface area (Å²) in [6, 6.07) is 44.0. The summed E-state index contributed by atoms with van der Waals surface area (Å²) in [5.74, 6) is 0.382. The molecule has 4 aromatic carbocycles. The Morgan fingerprint density at radius 1 is 0.645 bits per heavy atom. The number of hydrogen-bond acceptors (Lipinski definition) is 0. The van der Waals surface area contributed by atoms with E-state index in [9.17, 15) is 0 Å². The van der Waals surface area contributed by atoms with E-state index < -0.39 is 0 Å². The average molecular weight is 401 g/mol. The Labute approximate surface area is 185 Å². The second-order valence-corrected chi connectivity index (χ2v) is 8.78. The highest BCUT2D eigenvalue weighted by molar-refractivity contribution is 5.58. The van der Waals surface area contributed by atoms with Crippen LogP contribution in [0.5, 0.6) is 0 Å². The zero-order chi connectivity index (χ0) is 21.3. The van der Waals surface area contributed by atoms with Gasteiger partial charge in [-0.1, -0.05) is 133 Å². The Morgan fingerprint density at radius 2 is 1.00 bits per heavy atom. The van der Waals surface area contributed by atoms with Gasteiger partial charge in [-0.15, -0.1) is 0 Å². The highest BCUT2D eigenvalue weighted by Crippen LogP contribution is 2.69. The fraction of sp³-hybridized carbons (Fsp3) is 0.161. The maximum absolute atomic E-state index is 4.59. The molecular weight excluding hydrogens is 372 g/mol. The summed E-state index contributed by atoms with van der Waals surface area (Å²) in [5.41, 5.74) is 6.34. The van der Waals surface area contributed by atoms with Crippen molar-refractivity contribution in [1.82, 2.24) is 0 Å². The van der Waals surface area contributed by atoms with Crippen molar-refractivity contribution in [3.8, 4) is 0 Å². The third-order valence-corrected chi connectivity index (χ3v) is 7.19. The molecule has 0 radical (unpaired) electrons. The summed E-state index contributed by atoms with van der Waals surface area (Å²) in [5, 5.41) is 0. The van der Waals surface area contributed by atoms with Gasteiger partial charge in [0.05, 0.1) is 0 Å². The van der Waals surface area contributed by atoms with E-state index in [1.165, 1.54) is 27.8 Å². The summed E-state index contributed by atoms with van der Waals surface area (Å²) in [4.78, 5) is 0. The molecule has 0 heterocycles. The van der Waals surface area contributed by atoms with Crippen LogP contribution < -0.4 is 0 Å². The fourth-order valence-corrected chi connectivity index (χ4v) is 5.82. The normalized spacial score (nSPS) is 17.1. The third-order valence-electron chi connectivity index (χ3n) is 7.19. The Kier molecular flexibility index (Phi) is 4.87. The third kappa shape index (κ3) is 2.98. The zero-order valence-corrected chi connectivity index (χ0v) is 18.0. The van der Waals surface area contributed by atoms with E-state index in [0.29, 0.717) is 5.92 Å². The molecule has 0 bridgehead atoms. The first-order valence-electron chi connectivity index (χ1n) is 11.1. The largest absolute Gasteiger partial charge is 0.0989 e. The molecule has 31 heavy (non-hydrogen) atoms. The van der Waals surface area contributed by atoms with Crippen LogP contribution in [0.3, 0.4) is 0 Å². The first-order chi connectivity index (χ1) is 15.2. The van der Waals surface area contributed by atoms with Crippen molar-refractivity contribution in [1.29, 1.82) is 0 Å². The molecule has 0 aliphatic heterocycles. The molecule has 1 fully saturated rings. The predicted octanol–water partition coefficient (Wildman–Crippen LogP) is 7.56. The van der Waals surface area contributed by atoms with Crippen molar-refractivity contribution >= 4 is 0 Å². The van der Waals surface area contributed by atoms with Crippen LogP contribution in [0, 0.1) is 5.92 Å². The van der Waals surface area contributed by atoms with Crippen molar-refractivity contribution in [2.75, 3.05) is 0 Å². The molecule has 4 aromatic rings. The topological polar surface area (TPSA) is 0 Å². The minimum atomic E-state index is -0.256. The molecule has 0 saturated heterocycles. The van der Waals surface area contributed by atoms with E-state index in [4.69, 9.17) is 0 Å². The molecule has 0 nitrogen and oxygen atoms in total. The van der Waals surface area contributed by atoms with Crippen LogP contribution in [-0.2, 0) is 10.8 Å².